The number of rotatable bonds is 2. The molecule has 0 aromatic carbocycles. The second-order valence-corrected chi connectivity index (χ2v) is 2.59. The SMILES string of the molecule is O=c1[nH]cc(/C=N/c2ncn[nH]2)c(=O)[nH]1. The molecule has 76 valence electrons. The predicted octanol–water partition coefficient (Wildman–Crippen LogP) is -1.07. The molecule has 8 heteroatoms. The molecule has 0 aliphatic heterocycles. The van der Waals surface area contributed by atoms with Crippen molar-refractivity contribution in [3.05, 3.63) is 38.9 Å². The molecule has 0 aliphatic carbocycles. The van der Waals surface area contributed by atoms with Crippen LogP contribution in [0.15, 0.2) is 27.1 Å². The van der Waals surface area contributed by atoms with Gasteiger partial charge in [0, 0.05) is 12.4 Å². The second kappa shape index (κ2) is 3.70. The lowest BCUT2D eigenvalue weighted by Crippen LogP contribution is -2.24. The van der Waals surface area contributed by atoms with Gasteiger partial charge in [0.15, 0.2) is 0 Å². The first-order valence-electron chi connectivity index (χ1n) is 3.97. The Morgan fingerprint density at radius 3 is 2.93 bits per heavy atom. The fourth-order valence-corrected chi connectivity index (χ4v) is 0.908. The van der Waals surface area contributed by atoms with Crippen LogP contribution in [0, 0.1) is 0 Å². The zero-order valence-corrected chi connectivity index (χ0v) is 7.39. The Balaban J connectivity index is 2.33. The molecule has 0 spiro atoms. The third-order valence-corrected chi connectivity index (χ3v) is 1.58. The molecule has 2 heterocycles. The third-order valence-electron chi connectivity index (χ3n) is 1.58. The van der Waals surface area contributed by atoms with E-state index in [9.17, 15) is 9.59 Å². The summed E-state index contributed by atoms with van der Waals surface area (Å²) in [6, 6.07) is 0. The quantitative estimate of drug-likeness (QED) is 0.542. The number of H-pyrrole nitrogens is 3. The summed E-state index contributed by atoms with van der Waals surface area (Å²) in [6.45, 7) is 0. The van der Waals surface area contributed by atoms with E-state index in [4.69, 9.17) is 0 Å². The normalized spacial score (nSPS) is 10.9. The monoisotopic (exact) mass is 206 g/mol. The van der Waals surface area contributed by atoms with Crippen LogP contribution in [0.3, 0.4) is 0 Å². The topological polar surface area (TPSA) is 120 Å². The molecule has 0 saturated heterocycles. The van der Waals surface area contributed by atoms with E-state index < -0.39 is 11.2 Å². The largest absolute Gasteiger partial charge is 0.325 e. The van der Waals surface area contributed by atoms with Gasteiger partial charge >= 0.3 is 5.69 Å². The van der Waals surface area contributed by atoms with Crippen molar-refractivity contribution in [3.63, 3.8) is 0 Å². The average molecular weight is 206 g/mol. The molecule has 3 N–H and O–H groups in total. The van der Waals surface area contributed by atoms with E-state index >= 15 is 0 Å². The van der Waals surface area contributed by atoms with Crippen LogP contribution in [0.25, 0.3) is 0 Å². The van der Waals surface area contributed by atoms with Crippen LogP contribution in [0.4, 0.5) is 5.95 Å². The van der Waals surface area contributed by atoms with Gasteiger partial charge in [-0.2, -0.15) is 10.1 Å². The smallest absolute Gasteiger partial charge is 0.313 e. The minimum atomic E-state index is -0.559. The van der Waals surface area contributed by atoms with Crippen LogP contribution in [-0.4, -0.2) is 31.4 Å². The van der Waals surface area contributed by atoms with Crippen molar-refractivity contribution in [1.29, 1.82) is 0 Å². The summed E-state index contributed by atoms with van der Waals surface area (Å²) >= 11 is 0. The van der Waals surface area contributed by atoms with Crippen molar-refractivity contribution in [2.75, 3.05) is 0 Å². The van der Waals surface area contributed by atoms with Crippen molar-refractivity contribution < 1.29 is 0 Å². The van der Waals surface area contributed by atoms with E-state index in [0.717, 1.165) is 0 Å². The standard InChI is InChI=1S/C7H6N6O2/c14-5-4(2-9-7(15)12-5)1-8-6-10-3-11-13-6/h1-3H,(H,10,11,13)(H2,9,12,14,15)/b8-1+. The number of nitrogens with zero attached hydrogens (tertiary/aromatic N) is 3. The molecule has 0 bridgehead atoms. The van der Waals surface area contributed by atoms with E-state index in [1.807, 2.05) is 0 Å². The van der Waals surface area contributed by atoms with Crippen LogP contribution in [-0.2, 0) is 0 Å². The van der Waals surface area contributed by atoms with E-state index in [1.165, 1.54) is 18.7 Å². The maximum absolute atomic E-state index is 11.2. The first-order chi connectivity index (χ1) is 7.25. The molecule has 0 amide bonds. The van der Waals surface area contributed by atoms with Gasteiger partial charge in [-0.05, 0) is 0 Å². The van der Waals surface area contributed by atoms with Crippen LogP contribution in [0.2, 0.25) is 0 Å². The van der Waals surface area contributed by atoms with Gasteiger partial charge in [-0.3, -0.25) is 9.78 Å². The lowest BCUT2D eigenvalue weighted by molar-refractivity contribution is 1.03. The molecule has 2 rings (SSSR count). The van der Waals surface area contributed by atoms with E-state index in [1.54, 1.807) is 0 Å². The highest BCUT2D eigenvalue weighted by Gasteiger charge is 1.96. The van der Waals surface area contributed by atoms with Gasteiger partial charge in [-0.25, -0.2) is 14.9 Å². The van der Waals surface area contributed by atoms with Gasteiger partial charge in [0.1, 0.15) is 6.33 Å². The van der Waals surface area contributed by atoms with Crippen molar-refractivity contribution in [1.82, 2.24) is 25.1 Å². The Morgan fingerprint density at radius 1 is 1.40 bits per heavy atom. The van der Waals surface area contributed by atoms with Gasteiger partial charge in [0.05, 0.1) is 5.56 Å². The number of nitrogens with one attached hydrogen (secondary N) is 3. The zero-order valence-electron chi connectivity index (χ0n) is 7.39. The summed E-state index contributed by atoms with van der Waals surface area (Å²) in [4.78, 5) is 33.8. The highest BCUT2D eigenvalue weighted by Crippen LogP contribution is 1.96. The first-order valence-corrected chi connectivity index (χ1v) is 3.97. The average Bonchev–Trinajstić information content (AvgIpc) is 2.69. The molecule has 2 aromatic heterocycles. The number of hydrogen-bond donors (Lipinski definition) is 3. The van der Waals surface area contributed by atoms with Gasteiger partial charge in [-0.15, -0.1) is 0 Å². The Hall–Kier alpha value is -2.51. The van der Waals surface area contributed by atoms with Crippen molar-refractivity contribution in [3.8, 4) is 0 Å². The van der Waals surface area contributed by atoms with Crippen molar-refractivity contribution >= 4 is 12.2 Å². The number of aromatic amines is 3. The summed E-state index contributed by atoms with van der Waals surface area (Å²) in [5.41, 5.74) is -0.843. The lowest BCUT2D eigenvalue weighted by Gasteiger charge is -1.88. The number of aliphatic imine (C=N–C) groups is 1. The molecule has 0 aliphatic rings. The van der Waals surface area contributed by atoms with Gasteiger partial charge in [0.2, 0.25) is 5.95 Å². The summed E-state index contributed by atoms with van der Waals surface area (Å²) in [6.07, 6.45) is 3.83. The summed E-state index contributed by atoms with van der Waals surface area (Å²) in [7, 11) is 0. The predicted molar refractivity (Wildman–Crippen MR) is 51.3 cm³/mol. The molecule has 0 radical (unpaired) electrons. The van der Waals surface area contributed by atoms with Crippen LogP contribution in [0.1, 0.15) is 5.56 Å². The second-order valence-electron chi connectivity index (χ2n) is 2.59. The van der Waals surface area contributed by atoms with E-state index in [0.29, 0.717) is 0 Å². The van der Waals surface area contributed by atoms with Crippen LogP contribution < -0.4 is 11.2 Å². The Kier molecular flexibility index (Phi) is 2.23. The lowest BCUT2D eigenvalue weighted by atomic mass is 10.4. The zero-order chi connectivity index (χ0) is 10.7. The third kappa shape index (κ3) is 2.05. The molecule has 0 saturated carbocycles. The molecule has 2 aromatic rings. The van der Waals surface area contributed by atoms with Gasteiger partial charge in [0.25, 0.3) is 5.56 Å². The molecule has 0 atom stereocenters. The molecule has 8 nitrogen and oxygen atoms in total. The molecule has 0 fully saturated rings. The number of hydrogen-bond acceptors (Lipinski definition) is 5. The highest BCUT2D eigenvalue weighted by molar-refractivity contribution is 5.79. The van der Waals surface area contributed by atoms with Crippen molar-refractivity contribution in [2.45, 2.75) is 0 Å². The minimum absolute atomic E-state index is 0.228. The molecule has 0 unspecified atom stereocenters. The fourth-order valence-electron chi connectivity index (χ4n) is 0.908. The Bertz CT molecular complexity index is 578. The van der Waals surface area contributed by atoms with E-state index in [2.05, 4.69) is 30.1 Å². The van der Waals surface area contributed by atoms with Crippen LogP contribution >= 0.6 is 0 Å². The maximum Gasteiger partial charge on any atom is 0.325 e. The Morgan fingerprint density at radius 2 is 2.27 bits per heavy atom. The first kappa shape index (κ1) is 9.06. The van der Waals surface area contributed by atoms with Crippen LogP contribution in [0.5, 0.6) is 0 Å². The number of aromatic nitrogens is 5. The van der Waals surface area contributed by atoms with Gasteiger partial charge in [-0.1, -0.05) is 0 Å². The molecular weight excluding hydrogens is 200 g/mol. The summed E-state index contributed by atoms with van der Waals surface area (Å²) in [5.74, 6) is 0.278. The summed E-state index contributed by atoms with van der Waals surface area (Å²) in [5, 5.41) is 6.07. The van der Waals surface area contributed by atoms with Gasteiger partial charge < -0.3 is 4.98 Å². The Labute approximate surface area is 82.1 Å². The highest BCUT2D eigenvalue weighted by atomic mass is 16.2. The molecular formula is C7H6N6O2. The van der Waals surface area contributed by atoms with Crippen molar-refractivity contribution in [2.24, 2.45) is 4.99 Å². The summed E-state index contributed by atoms with van der Waals surface area (Å²) < 4.78 is 0. The maximum atomic E-state index is 11.2. The van der Waals surface area contributed by atoms with E-state index in [-0.39, 0.29) is 11.5 Å². The fraction of sp³-hybridized carbons (Fsp3) is 0. The minimum Gasteiger partial charge on any atom is -0.313 e. The molecule has 15 heavy (non-hydrogen) atoms.